The molecule has 6 rings (SSSR count). The number of hydrogen-bond acceptors (Lipinski definition) is 8. The monoisotopic (exact) mass is 483 g/mol. The zero-order chi connectivity index (χ0) is 24.5. The molecule has 13 nitrogen and oxygen atoms in total. The largest absolute Gasteiger partial charge is 0.383 e. The average molecular weight is 484 g/mol. The van der Waals surface area contributed by atoms with Crippen LogP contribution in [0.1, 0.15) is 18.4 Å². The number of fused-ring (bicyclic) bond motifs is 1. The maximum absolute atomic E-state index is 13.2. The Bertz CT molecular complexity index is 1180. The first-order valence-electron chi connectivity index (χ1n) is 11.8. The summed E-state index contributed by atoms with van der Waals surface area (Å²) in [5.41, 5.74) is 13.3. The second-order valence-electron chi connectivity index (χ2n) is 9.66. The number of anilines is 1. The summed E-state index contributed by atoms with van der Waals surface area (Å²) < 4.78 is 1.75. The molecule has 13 heteroatoms. The first-order chi connectivity index (χ1) is 16.8. The van der Waals surface area contributed by atoms with Crippen molar-refractivity contribution in [1.82, 2.24) is 20.9 Å². The predicted molar refractivity (Wildman–Crippen MR) is 123 cm³/mol. The third kappa shape index (κ3) is 3.07. The van der Waals surface area contributed by atoms with Gasteiger partial charge in [-0.1, -0.05) is 18.2 Å². The predicted octanol–water partition coefficient (Wildman–Crippen LogP) is -4.99. The van der Waals surface area contributed by atoms with Gasteiger partial charge in [-0.3, -0.25) is 41.2 Å². The number of rotatable bonds is 3. The minimum atomic E-state index is -1.17. The van der Waals surface area contributed by atoms with E-state index < -0.39 is 29.9 Å². The van der Waals surface area contributed by atoms with E-state index in [0.717, 1.165) is 17.7 Å². The van der Waals surface area contributed by atoms with Gasteiger partial charge in [-0.2, -0.15) is 0 Å². The molecule has 4 amide bonds. The number of likely N-dealkylation sites (tertiary alicyclic amines) is 1. The Morgan fingerprint density at radius 1 is 1.23 bits per heavy atom. The third-order valence-electron chi connectivity index (χ3n) is 7.78. The number of carbonyl (C=O) groups excluding carboxylic acids is 3. The average Bonchev–Trinajstić information content (AvgIpc) is 3.56. The van der Waals surface area contributed by atoms with E-state index in [0.29, 0.717) is 6.54 Å². The van der Waals surface area contributed by atoms with E-state index in [9.17, 15) is 19.5 Å². The summed E-state index contributed by atoms with van der Waals surface area (Å²) in [6.07, 6.45) is 0.0361. The normalized spacial score (nSPS) is 33.2. The number of carbonyl (C=O) groups is 3. The Morgan fingerprint density at radius 2 is 1.97 bits per heavy atom. The second-order valence-corrected chi connectivity index (χ2v) is 9.66. The van der Waals surface area contributed by atoms with Crippen molar-refractivity contribution in [2.24, 2.45) is 11.5 Å². The number of amides is 4. The van der Waals surface area contributed by atoms with Gasteiger partial charge in [-0.25, -0.2) is 14.7 Å². The molecule has 5 heterocycles. The molecule has 2 unspecified atom stereocenters. The molecule has 2 saturated heterocycles. The van der Waals surface area contributed by atoms with Crippen LogP contribution in [-0.2, 0) is 16.0 Å². The zero-order valence-electron chi connectivity index (χ0n) is 19.0. The van der Waals surface area contributed by atoms with Gasteiger partial charge in [0.05, 0.1) is 19.1 Å². The van der Waals surface area contributed by atoms with E-state index in [4.69, 9.17) is 11.5 Å². The van der Waals surface area contributed by atoms with Gasteiger partial charge in [0.25, 0.3) is 5.66 Å². The Kier molecular flexibility index (Phi) is 4.68. The summed E-state index contributed by atoms with van der Waals surface area (Å²) in [5, 5.41) is 20.9. The van der Waals surface area contributed by atoms with Crippen molar-refractivity contribution in [3.05, 3.63) is 29.8 Å². The number of nitrogens with two attached hydrogens (primary N) is 2. The van der Waals surface area contributed by atoms with Gasteiger partial charge in [0, 0.05) is 25.1 Å². The number of imide groups is 1. The van der Waals surface area contributed by atoms with Crippen molar-refractivity contribution in [3.63, 3.8) is 0 Å². The van der Waals surface area contributed by atoms with E-state index in [-0.39, 0.29) is 55.7 Å². The molecule has 5 aliphatic rings. The Labute approximate surface area is 200 Å². The highest BCUT2D eigenvalue weighted by atomic mass is 16.3. The summed E-state index contributed by atoms with van der Waals surface area (Å²) in [6, 6.07) is 5.73. The molecule has 0 bridgehead atoms. The lowest BCUT2D eigenvalue weighted by Gasteiger charge is -2.38. The van der Waals surface area contributed by atoms with Gasteiger partial charge >= 0.3 is 18.0 Å². The number of benzene rings is 1. The van der Waals surface area contributed by atoms with Crippen molar-refractivity contribution < 1.29 is 29.1 Å². The summed E-state index contributed by atoms with van der Waals surface area (Å²) in [5.74, 6) is 0.0206. The number of guanidine groups is 2. The van der Waals surface area contributed by atoms with Crippen molar-refractivity contribution in [3.8, 4) is 0 Å². The molecule has 5 aliphatic heterocycles. The lowest BCUT2D eigenvalue weighted by atomic mass is 9.87. The first-order valence-corrected chi connectivity index (χ1v) is 11.8. The molecule has 1 aromatic carbocycles. The van der Waals surface area contributed by atoms with Gasteiger partial charge in [0.1, 0.15) is 6.04 Å². The van der Waals surface area contributed by atoms with Crippen LogP contribution >= 0.6 is 0 Å². The quantitative estimate of drug-likeness (QED) is 0.165. The summed E-state index contributed by atoms with van der Waals surface area (Å²) >= 11 is 0. The molecule has 0 radical (unpaired) electrons. The minimum Gasteiger partial charge on any atom is -0.383 e. The zero-order valence-corrected chi connectivity index (χ0v) is 19.0. The highest BCUT2D eigenvalue weighted by Crippen LogP contribution is 2.32. The Hall–Kier alpha value is -3.87. The lowest BCUT2D eigenvalue weighted by Crippen LogP contribution is -2.90. The molecular formula is C22H29N9O4+2. The maximum Gasteiger partial charge on any atom is 0.347 e. The van der Waals surface area contributed by atoms with E-state index in [1.807, 2.05) is 24.3 Å². The number of hydrogen-bond donors (Lipinski definition) is 7. The molecule has 0 saturated carbocycles. The Balaban J connectivity index is 1.26. The molecule has 0 aliphatic carbocycles. The number of nitrogens with zero attached hydrogens (tertiary/aromatic N) is 3. The van der Waals surface area contributed by atoms with Crippen molar-refractivity contribution in [2.75, 3.05) is 24.5 Å². The maximum atomic E-state index is 13.2. The SMILES string of the molecule is NC1=[NH+]C2[C@H](CN3C(=O)CCC3=O)NC(N)=[N+]3C[C@H](NC(=O)N4CCc5ccccc54)[C@@H](O)C23N1. The second kappa shape index (κ2) is 7.57. The molecule has 184 valence electrons. The van der Waals surface area contributed by atoms with Crippen molar-refractivity contribution in [1.29, 1.82) is 0 Å². The molecule has 35 heavy (non-hydrogen) atoms. The van der Waals surface area contributed by atoms with E-state index in [1.54, 1.807) is 9.48 Å². The highest BCUT2D eigenvalue weighted by Gasteiger charge is 2.70. The third-order valence-corrected chi connectivity index (χ3v) is 7.78. The van der Waals surface area contributed by atoms with Gasteiger partial charge in [-0.15, -0.1) is 0 Å². The van der Waals surface area contributed by atoms with E-state index >= 15 is 0 Å². The number of nitrogens with one attached hydrogen (secondary N) is 4. The minimum absolute atomic E-state index is 0.0783. The van der Waals surface area contributed by atoms with Gasteiger partial charge in [0.15, 0.2) is 12.1 Å². The molecule has 5 atom stereocenters. The number of para-hydroxylation sites is 1. The first kappa shape index (κ1) is 21.6. The van der Waals surface area contributed by atoms with Crippen LogP contribution in [-0.4, -0.2) is 93.9 Å². The lowest BCUT2D eigenvalue weighted by molar-refractivity contribution is -0.660. The van der Waals surface area contributed by atoms with Crippen LogP contribution in [0.5, 0.6) is 0 Å². The summed E-state index contributed by atoms with van der Waals surface area (Å²) in [4.78, 5) is 43.7. The van der Waals surface area contributed by atoms with Gasteiger partial charge in [-0.05, 0) is 18.1 Å². The van der Waals surface area contributed by atoms with Gasteiger partial charge in [0.2, 0.25) is 11.8 Å². The Morgan fingerprint density at radius 3 is 2.74 bits per heavy atom. The topological polar surface area (TPSA) is 183 Å². The van der Waals surface area contributed by atoms with Crippen LogP contribution < -0.4 is 37.3 Å². The molecule has 2 fully saturated rings. The van der Waals surface area contributed by atoms with Crippen LogP contribution in [0.3, 0.4) is 0 Å². The fourth-order valence-electron chi connectivity index (χ4n) is 6.16. The van der Waals surface area contributed by atoms with Crippen LogP contribution in [0.25, 0.3) is 0 Å². The van der Waals surface area contributed by atoms with Crippen LogP contribution in [0.15, 0.2) is 24.3 Å². The molecule has 9 N–H and O–H groups in total. The van der Waals surface area contributed by atoms with Crippen LogP contribution in [0.2, 0.25) is 0 Å². The molecule has 1 aromatic rings. The van der Waals surface area contributed by atoms with E-state index in [1.165, 1.54) is 4.90 Å². The molecule has 1 spiro atoms. The van der Waals surface area contributed by atoms with Crippen molar-refractivity contribution >= 4 is 35.5 Å². The summed E-state index contributed by atoms with van der Waals surface area (Å²) in [7, 11) is 0. The van der Waals surface area contributed by atoms with Crippen molar-refractivity contribution in [2.45, 2.75) is 49.2 Å². The fraction of sp³-hybridized carbons (Fsp3) is 0.500. The molecule has 0 aromatic heterocycles. The summed E-state index contributed by atoms with van der Waals surface area (Å²) in [6.45, 7) is 0.866. The number of aliphatic hydroxyl groups is 1. The number of urea groups is 1. The molecular weight excluding hydrogens is 454 g/mol. The fourth-order valence-corrected chi connectivity index (χ4v) is 6.16. The van der Waals surface area contributed by atoms with Gasteiger partial charge < -0.3 is 10.4 Å². The van der Waals surface area contributed by atoms with Crippen LogP contribution in [0.4, 0.5) is 10.5 Å². The smallest absolute Gasteiger partial charge is 0.347 e. The van der Waals surface area contributed by atoms with Crippen LogP contribution in [0, 0.1) is 0 Å². The van der Waals surface area contributed by atoms with E-state index in [2.05, 4.69) is 20.9 Å². The highest BCUT2D eigenvalue weighted by molar-refractivity contribution is 6.02. The number of aliphatic hydroxyl groups excluding tert-OH is 1. The standard InChI is InChI=1S/C22H27N9O4/c23-19-27-17-12(9-30-15(32)5-6-16(30)33)25-20(24)31-10-13(18(34)22(17,31)28-19)26-21(35)29-8-7-11-3-1-2-4-14(11)29/h1-4,12-13,17-18,34H,5-10H2,(H6,23,24,25,26,27,28,35)/p+2/t12-,13-,17?,18+,22?/m0/s1.